The van der Waals surface area contributed by atoms with Crippen molar-refractivity contribution in [1.82, 2.24) is 0 Å². The highest BCUT2D eigenvalue weighted by molar-refractivity contribution is 9.10. The Morgan fingerprint density at radius 1 is 1.71 bits per heavy atom. The predicted octanol–water partition coefficient (Wildman–Crippen LogP) is 2.49. The Labute approximate surface area is 52.7 Å². The molecule has 1 aliphatic rings. The van der Waals surface area contributed by atoms with Gasteiger partial charge in [0.15, 0.2) is 0 Å². The van der Waals surface area contributed by atoms with Gasteiger partial charge in [0.25, 0.3) is 0 Å². The molecule has 0 heterocycles. The molecule has 7 heavy (non-hydrogen) atoms. The van der Waals surface area contributed by atoms with Crippen LogP contribution in [0.15, 0.2) is 12.2 Å². The molecule has 0 aromatic carbocycles. The first-order chi connectivity index (χ1) is 3.21. The molecule has 0 aliphatic heterocycles. The molecule has 1 aliphatic carbocycles. The Bertz CT molecular complexity index is 92.4. The molecule has 0 amide bonds. The highest BCUT2D eigenvalue weighted by atomic mass is 79.9. The number of hydrogen-bond donors (Lipinski definition) is 0. The minimum Gasteiger partial charge on any atom is -0.0871 e. The van der Waals surface area contributed by atoms with Crippen molar-refractivity contribution in [2.24, 2.45) is 0 Å². The SMILES string of the molecule is CC1(Br)C=CCC1. The number of hydrogen-bond acceptors (Lipinski definition) is 0. The van der Waals surface area contributed by atoms with Crippen LogP contribution in [-0.4, -0.2) is 4.32 Å². The second-order valence-corrected chi connectivity index (χ2v) is 4.03. The summed E-state index contributed by atoms with van der Waals surface area (Å²) in [5.41, 5.74) is 0. The van der Waals surface area contributed by atoms with E-state index in [-0.39, 0.29) is 0 Å². The van der Waals surface area contributed by atoms with Crippen molar-refractivity contribution in [3.8, 4) is 0 Å². The third kappa shape index (κ3) is 1.30. The lowest BCUT2D eigenvalue weighted by atomic mass is 10.2. The molecule has 0 spiro atoms. The van der Waals surface area contributed by atoms with E-state index in [1.807, 2.05) is 0 Å². The van der Waals surface area contributed by atoms with Gasteiger partial charge in [0.2, 0.25) is 0 Å². The standard InChI is InChI=1S/C6H9Br/c1-6(7)4-2-3-5-6/h2,4H,3,5H2,1H3. The van der Waals surface area contributed by atoms with E-state index in [9.17, 15) is 0 Å². The Kier molecular flexibility index (Phi) is 1.24. The molecule has 0 aromatic rings. The lowest BCUT2D eigenvalue weighted by Gasteiger charge is -2.08. The van der Waals surface area contributed by atoms with Gasteiger partial charge in [-0.1, -0.05) is 28.1 Å². The van der Waals surface area contributed by atoms with Crippen molar-refractivity contribution in [3.63, 3.8) is 0 Å². The average molecular weight is 161 g/mol. The summed E-state index contributed by atoms with van der Waals surface area (Å²) in [6.07, 6.45) is 6.93. The van der Waals surface area contributed by atoms with E-state index in [1.54, 1.807) is 0 Å². The lowest BCUT2D eigenvalue weighted by Crippen LogP contribution is -2.04. The molecule has 0 bridgehead atoms. The zero-order valence-corrected chi connectivity index (χ0v) is 6.03. The highest BCUT2D eigenvalue weighted by Gasteiger charge is 2.18. The molecule has 0 nitrogen and oxygen atoms in total. The minimum absolute atomic E-state index is 0.326. The zero-order valence-electron chi connectivity index (χ0n) is 4.45. The van der Waals surface area contributed by atoms with E-state index in [4.69, 9.17) is 0 Å². The molecule has 0 aromatic heterocycles. The smallest absolute Gasteiger partial charge is 0.0411 e. The molecule has 1 heteroatoms. The van der Waals surface area contributed by atoms with Gasteiger partial charge in [-0.15, -0.1) is 0 Å². The van der Waals surface area contributed by atoms with Gasteiger partial charge in [-0.3, -0.25) is 0 Å². The fraction of sp³-hybridized carbons (Fsp3) is 0.667. The number of halogens is 1. The number of rotatable bonds is 0. The average Bonchev–Trinajstić information content (AvgIpc) is 1.84. The van der Waals surface area contributed by atoms with Crippen molar-refractivity contribution in [2.75, 3.05) is 0 Å². The summed E-state index contributed by atoms with van der Waals surface area (Å²) < 4.78 is 0.326. The third-order valence-electron chi connectivity index (χ3n) is 1.27. The molecule has 0 radical (unpaired) electrons. The first-order valence-corrected chi connectivity index (χ1v) is 3.37. The predicted molar refractivity (Wildman–Crippen MR) is 35.7 cm³/mol. The molecule has 1 rings (SSSR count). The van der Waals surface area contributed by atoms with E-state index in [0.29, 0.717) is 4.32 Å². The van der Waals surface area contributed by atoms with E-state index < -0.39 is 0 Å². The molecule has 1 atom stereocenters. The summed E-state index contributed by atoms with van der Waals surface area (Å²) in [5.74, 6) is 0. The quantitative estimate of drug-likeness (QED) is 0.378. The molecule has 1 unspecified atom stereocenters. The summed E-state index contributed by atoms with van der Waals surface area (Å²) in [4.78, 5) is 0. The van der Waals surface area contributed by atoms with Crippen molar-refractivity contribution in [1.29, 1.82) is 0 Å². The van der Waals surface area contributed by atoms with Crippen LogP contribution in [0.1, 0.15) is 19.8 Å². The lowest BCUT2D eigenvalue weighted by molar-refractivity contribution is 0.770. The van der Waals surface area contributed by atoms with Crippen LogP contribution in [0.4, 0.5) is 0 Å². The van der Waals surface area contributed by atoms with E-state index >= 15 is 0 Å². The van der Waals surface area contributed by atoms with E-state index in [0.717, 1.165) is 0 Å². The van der Waals surface area contributed by atoms with Crippen LogP contribution < -0.4 is 0 Å². The van der Waals surface area contributed by atoms with Crippen LogP contribution in [0.5, 0.6) is 0 Å². The fourth-order valence-electron chi connectivity index (χ4n) is 0.778. The second kappa shape index (κ2) is 1.62. The van der Waals surface area contributed by atoms with Gasteiger partial charge in [0.05, 0.1) is 0 Å². The Morgan fingerprint density at radius 2 is 2.43 bits per heavy atom. The highest BCUT2D eigenvalue weighted by Crippen LogP contribution is 2.30. The summed E-state index contributed by atoms with van der Waals surface area (Å²) in [6, 6.07) is 0. The van der Waals surface area contributed by atoms with E-state index in [2.05, 4.69) is 35.0 Å². The van der Waals surface area contributed by atoms with Gasteiger partial charge >= 0.3 is 0 Å². The molecular formula is C6H9Br. The first-order valence-electron chi connectivity index (χ1n) is 2.57. The molecule has 0 fully saturated rings. The minimum atomic E-state index is 0.326. The summed E-state index contributed by atoms with van der Waals surface area (Å²) in [6.45, 7) is 2.19. The summed E-state index contributed by atoms with van der Waals surface area (Å²) in [5, 5.41) is 0. The van der Waals surface area contributed by atoms with Gasteiger partial charge in [-0.2, -0.15) is 0 Å². The molecule has 0 N–H and O–H groups in total. The van der Waals surface area contributed by atoms with Crippen molar-refractivity contribution in [2.45, 2.75) is 24.1 Å². The first kappa shape index (κ1) is 5.36. The molecule has 40 valence electrons. The monoisotopic (exact) mass is 160 g/mol. The third-order valence-corrected chi connectivity index (χ3v) is 1.93. The summed E-state index contributed by atoms with van der Waals surface area (Å²) in [7, 11) is 0. The van der Waals surface area contributed by atoms with E-state index in [1.165, 1.54) is 12.8 Å². The normalized spacial score (nSPS) is 39.7. The van der Waals surface area contributed by atoms with Crippen molar-refractivity contribution < 1.29 is 0 Å². The Morgan fingerprint density at radius 3 is 2.57 bits per heavy atom. The van der Waals surface area contributed by atoms with Gasteiger partial charge in [0, 0.05) is 4.32 Å². The van der Waals surface area contributed by atoms with Crippen LogP contribution in [-0.2, 0) is 0 Å². The van der Waals surface area contributed by atoms with Gasteiger partial charge in [-0.25, -0.2) is 0 Å². The molecular weight excluding hydrogens is 152 g/mol. The Hall–Kier alpha value is 0.220. The van der Waals surface area contributed by atoms with Crippen LogP contribution in [0.25, 0.3) is 0 Å². The fourth-order valence-corrected chi connectivity index (χ4v) is 1.19. The maximum absolute atomic E-state index is 3.56. The van der Waals surface area contributed by atoms with Crippen molar-refractivity contribution in [3.05, 3.63) is 12.2 Å². The Balaban J connectivity index is 2.57. The maximum Gasteiger partial charge on any atom is 0.0411 e. The topological polar surface area (TPSA) is 0 Å². The maximum atomic E-state index is 3.56. The number of alkyl halides is 1. The van der Waals surface area contributed by atoms with Gasteiger partial charge in [-0.05, 0) is 19.8 Å². The summed E-state index contributed by atoms with van der Waals surface area (Å²) >= 11 is 3.56. The molecule has 0 saturated carbocycles. The van der Waals surface area contributed by atoms with Crippen LogP contribution >= 0.6 is 15.9 Å². The van der Waals surface area contributed by atoms with Gasteiger partial charge in [0.1, 0.15) is 0 Å². The van der Waals surface area contributed by atoms with Gasteiger partial charge < -0.3 is 0 Å². The number of allylic oxidation sites excluding steroid dienone is 2. The zero-order chi connectivity index (χ0) is 5.33. The van der Waals surface area contributed by atoms with Crippen LogP contribution in [0.2, 0.25) is 0 Å². The van der Waals surface area contributed by atoms with Crippen LogP contribution in [0.3, 0.4) is 0 Å². The van der Waals surface area contributed by atoms with Crippen molar-refractivity contribution >= 4 is 15.9 Å². The largest absolute Gasteiger partial charge is 0.0871 e. The second-order valence-electron chi connectivity index (χ2n) is 2.22. The van der Waals surface area contributed by atoms with Crippen LogP contribution in [0, 0.1) is 0 Å². The molecule has 0 saturated heterocycles.